The Bertz CT molecular complexity index is 801. The van der Waals surface area contributed by atoms with Crippen molar-refractivity contribution in [3.05, 3.63) is 0 Å². The second-order valence-corrected chi connectivity index (χ2v) is 24.7. The molecule has 7 nitrogen and oxygen atoms in total. The Kier molecular flexibility index (Phi) is 59.0. The molecule has 0 aromatic rings. The van der Waals surface area contributed by atoms with E-state index in [1.54, 1.807) is 0 Å². The summed E-state index contributed by atoms with van der Waals surface area (Å²) in [5.41, 5.74) is 0. The molecule has 398 valence electrons. The Balaban J connectivity index is -0.000000407. The standard InChI is InChI=1S/3C19H42N.4O.V/c3*1-5-6-7-8-9-10-11-12-13-14-15-16-17-18-19-20(2,3)4;;;;;/h3*5-19H2,1-4H3;;;;;/q3*+1;;3*-1;. The average Bonchev–Trinajstić information content (AvgIpc) is 3.20. The molecule has 0 saturated carbocycles. The van der Waals surface area contributed by atoms with Crippen LogP contribution in [0.2, 0.25) is 0 Å². The van der Waals surface area contributed by atoms with Gasteiger partial charge in [0.25, 0.3) is 0 Å². The van der Waals surface area contributed by atoms with Crippen LogP contribution < -0.4 is 12.1 Å². The summed E-state index contributed by atoms with van der Waals surface area (Å²) in [6, 6.07) is 0. The van der Waals surface area contributed by atoms with Gasteiger partial charge in [0, 0.05) is 0 Å². The molecule has 65 heavy (non-hydrogen) atoms. The van der Waals surface area contributed by atoms with Crippen molar-refractivity contribution in [1.29, 1.82) is 0 Å². The Morgan fingerprint density at radius 2 is 0.323 bits per heavy atom. The van der Waals surface area contributed by atoms with Crippen molar-refractivity contribution in [1.82, 2.24) is 0 Å². The van der Waals surface area contributed by atoms with E-state index in [1.165, 1.54) is 289 Å². The fraction of sp³-hybridized carbons (Fsp3) is 1.00. The first-order chi connectivity index (χ1) is 30.7. The molecule has 0 saturated heterocycles. The minimum absolute atomic E-state index is 1.12. The van der Waals surface area contributed by atoms with Crippen molar-refractivity contribution < 1.29 is 44.2 Å². The van der Waals surface area contributed by atoms with Crippen LogP contribution in [0.1, 0.15) is 290 Å². The fourth-order valence-corrected chi connectivity index (χ4v) is 8.34. The fourth-order valence-electron chi connectivity index (χ4n) is 8.34. The summed E-state index contributed by atoms with van der Waals surface area (Å²) < 4.78 is 37.8. The Labute approximate surface area is 415 Å². The van der Waals surface area contributed by atoms with E-state index in [0.717, 1.165) is 13.4 Å². The van der Waals surface area contributed by atoms with Gasteiger partial charge in [-0.3, -0.25) is 0 Å². The van der Waals surface area contributed by atoms with E-state index in [4.69, 9.17) is 15.8 Å². The van der Waals surface area contributed by atoms with Crippen molar-refractivity contribution in [2.45, 2.75) is 290 Å². The molecule has 0 aliphatic heterocycles. The molecule has 0 aliphatic carbocycles. The van der Waals surface area contributed by atoms with E-state index >= 15 is 0 Å². The molecule has 0 spiro atoms. The minimum atomic E-state index is -5.88. The van der Waals surface area contributed by atoms with Crippen LogP contribution in [0.5, 0.6) is 0 Å². The van der Waals surface area contributed by atoms with Crippen LogP contribution in [0.3, 0.4) is 0 Å². The molecule has 0 rings (SSSR count). The summed E-state index contributed by atoms with van der Waals surface area (Å²) in [4.78, 5) is 0. The van der Waals surface area contributed by atoms with Gasteiger partial charge in [-0.2, -0.15) is 0 Å². The molecule has 0 radical (unpaired) electrons. The zero-order valence-electron chi connectivity index (χ0n) is 47.2. The van der Waals surface area contributed by atoms with Gasteiger partial charge in [-0.1, -0.05) is 252 Å². The van der Waals surface area contributed by atoms with Crippen LogP contribution >= 0.6 is 0 Å². The number of quaternary nitrogens is 3. The van der Waals surface area contributed by atoms with Gasteiger partial charge < -0.3 is 13.4 Å². The first-order valence-corrected chi connectivity index (χ1v) is 31.1. The maximum atomic E-state index is 8.61. The third kappa shape index (κ3) is 94.7. The van der Waals surface area contributed by atoms with Crippen LogP contribution in [-0.4, -0.2) is 96.5 Å². The van der Waals surface area contributed by atoms with Crippen molar-refractivity contribution in [2.75, 3.05) is 83.1 Å². The zero-order valence-corrected chi connectivity index (χ0v) is 48.6. The molecular weight excluding hydrogens is 842 g/mol. The monoisotopic (exact) mass is 968 g/mol. The maximum absolute atomic E-state index is 8.61. The number of nitrogens with zero attached hydrogens (tertiary/aromatic N) is 3. The second kappa shape index (κ2) is 53.5. The van der Waals surface area contributed by atoms with Crippen molar-refractivity contribution in [2.24, 2.45) is 0 Å². The first kappa shape index (κ1) is 71.7. The van der Waals surface area contributed by atoms with E-state index in [9.17, 15) is 0 Å². The average molecular weight is 969 g/mol. The normalized spacial score (nSPS) is 12.0. The van der Waals surface area contributed by atoms with E-state index in [2.05, 4.69) is 84.2 Å². The summed E-state index contributed by atoms with van der Waals surface area (Å²) in [5, 5.41) is 0. The third-order valence-corrected chi connectivity index (χ3v) is 12.5. The quantitative estimate of drug-likeness (QED) is 0.0449. The van der Waals surface area contributed by atoms with Gasteiger partial charge in [0.1, 0.15) is 0 Å². The second-order valence-electron chi connectivity index (χ2n) is 23.3. The molecule has 0 fully saturated rings. The molecule has 0 aliphatic rings. The predicted octanol–water partition coefficient (Wildman–Crippen LogP) is 14.8. The molecule has 0 atom stereocenters. The molecule has 8 heteroatoms. The summed E-state index contributed by atoms with van der Waals surface area (Å²) in [6.07, 6.45) is 61.1. The van der Waals surface area contributed by atoms with Crippen molar-refractivity contribution in [3.63, 3.8) is 0 Å². The molecule has 0 aromatic carbocycles. The molecular formula is C57H126N3O4V. The predicted molar refractivity (Wildman–Crippen MR) is 280 cm³/mol. The van der Waals surface area contributed by atoms with Gasteiger partial charge in [0.2, 0.25) is 0 Å². The SMILES string of the molecule is CCCCCCCCCCCCCCCC[N+](C)(C)C.CCCCCCCCCCCCCCCC[N+](C)(C)C.CCCCCCCCCCCCCCCC[N+](C)(C)C.[O]=[V]([O-])([O-])[O-]. The van der Waals surface area contributed by atoms with E-state index in [1.807, 2.05) is 0 Å². The molecule has 0 unspecified atom stereocenters. The Hall–Kier alpha value is 0.144. The first-order valence-electron chi connectivity index (χ1n) is 28.8. The van der Waals surface area contributed by atoms with Gasteiger partial charge in [0.15, 0.2) is 0 Å². The van der Waals surface area contributed by atoms with Crippen LogP contribution in [-0.2, 0) is 18.7 Å². The van der Waals surface area contributed by atoms with Crippen LogP contribution in [0.15, 0.2) is 0 Å². The molecule has 0 bridgehead atoms. The summed E-state index contributed by atoms with van der Waals surface area (Å²) in [5.74, 6) is 0. The van der Waals surface area contributed by atoms with Gasteiger partial charge in [-0.15, -0.1) is 0 Å². The van der Waals surface area contributed by atoms with Crippen molar-refractivity contribution >= 4 is 0 Å². The molecule has 0 amide bonds. The van der Waals surface area contributed by atoms with E-state index in [0.29, 0.717) is 0 Å². The van der Waals surface area contributed by atoms with Gasteiger partial charge in [-0.25, -0.2) is 0 Å². The summed E-state index contributed by atoms with van der Waals surface area (Å²) in [6.45, 7) is 10.9. The zero-order chi connectivity index (χ0) is 49.8. The number of unbranched alkanes of at least 4 members (excludes halogenated alkanes) is 39. The van der Waals surface area contributed by atoms with Crippen LogP contribution in [0.4, 0.5) is 0 Å². The van der Waals surface area contributed by atoms with E-state index in [-0.39, 0.29) is 0 Å². The number of hydrogen-bond acceptors (Lipinski definition) is 4. The number of hydrogen-bond donors (Lipinski definition) is 0. The third-order valence-electron chi connectivity index (χ3n) is 12.5. The van der Waals surface area contributed by atoms with Crippen molar-refractivity contribution in [3.8, 4) is 0 Å². The van der Waals surface area contributed by atoms with Crippen LogP contribution in [0, 0.1) is 0 Å². The van der Waals surface area contributed by atoms with Gasteiger partial charge >= 0.3 is 30.8 Å². The van der Waals surface area contributed by atoms with Gasteiger partial charge in [0.05, 0.1) is 83.1 Å². The Morgan fingerprint density at radius 1 is 0.231 bits per heavy atom. The molecule has 0 aromatic heterocycles. The number of rotatable bonds is 45. The van der Waals surface area contributed by atoms with Crippen LogP contribution in [0.25, 0.3) is 0 Å². The summed E-state index contributed by atoms with van der Waals surface area (Å²) in [7, 11) is 20.6. The topological polar surface area (TPSA) is 86.2 Å². The van der Waals surface area contributed by atoms with E-state index < -0.39 is 15.0 Å². The van der Waals surface area contributed by atoms with Gasteiger partial charge in [-0.05, 0) is 38.5 Å². The Morgan fingerprint density at radius 3 is 0.415 bits per heavy atom. The molecule has 0 N–H and O–H groups in total. The molecule has 0 heterocycles. The summed E-state index contributed by atoms with van der Waals surface area (Å²) >= 11 is -5.88.